The molecule has 3 aromatic heterocycles. The first kappa shape index (κ1) is 25.9. The largest absolute Gasteiger partial charge is 0.330 e. The van der Waals surface area contributed by atoms with Gasteiger partial charge in [-0.1, -0.05) is 54.1 Å². The van der Waals surface area contributed by atoms with Crippen LogP contribution in [0.25, 0.3) is 5.65 Å². The Kier molecular flexibility index (Phi) is 7.98. The van der Waals surface area contributed by atoms with Crippen molar-refractivity contribution in [1.29, 1.82) is 0 Å². The van der Waals surface area contributed by atoms with Crippen LogP contribution in [-0.2, 0) is 6.42 Å². The van der Waals surface area contributed by atoms with Gasteiger partial charge in [-0.2, -0.15) is 0 Å². The molecule has 5 aromatic rings. The number of nitrogens with two attached hydrogens (primary N) is 1. The van der Waals surface area contributed by atoms with Gasteiger partial charge in [-0.3, -0.25) is 14.0 Å². The van der Waals surface area contributed by atoms with E-state index in [1.165, 1.54) is 11.3 Å². The Labute approximate surface area is 230 Å². The van der Waals surface area contributed by atoms with Crippen LogP contribution < -0.4 is 11.3 Å². The van der Waals surface area contributed by atoms with Crippen molar-refractivity contribution in [2.75, 3.05) is 13.1 Å². The van der Waals surface area contributed by atoms with Gasteiger partial charge in [-0.15, -0.1) is 11.3 Å². The van der Waals surface area contributed by atoms with E-state index in [4.69, 9.17) is 22.3 Å². The van der Waals surface area contributed by atoms with E-state index in [0.29, 0.717) is 53.4 Å². The highest BCUT2D eigenvalue weighted by molar-refractivity contribution is 7.10. The summed E-state index contributed by atoms with van der Waals surface area (Å²) in [7, 11) is 0. The van der Waals surface area contributed by atoms with Crippen LogP contribution >= 0.6 is 22.9 Å². The van der Waals surface area contributed by atoms with Gasteiger partial charge in [0.05, 0.1) is 5.69 Å². The van der Waals surface area contributed by atoms with Crippen molar-refractivity contribution in [3.8, 4) is 0 Å². The second kappa shape index (κ2) is 11.7. The molecule has 8 heteroatoms. The molecule has 0 fully saturated rings. The minimum absolute atomic E-state index is 0.145. The van der Waals surface area contributed by atoms with Gasteiger partial charge in [0.15, 0.2) is 0 Å². The zero-order valence-electron chi connectivity index (χ0n) is 20.7. The summed E-state index contributed by atoms with van der Waals surface area (Å²) >= 11 is 7.64. The first-order chi connectivity index (χ1) is 18.6. The van der Waals surface area contributed by atoms with Crippen LogP contribution in [0.15, 0.2) is 101 Å². The average molecular weight is 543 g/mol. The molecular weight excluding hydrogens is 516 g/mol. The molecule has 1 amide bonds. The summed E-state index contributed by atoms with van der Waals surface area (Å²) in [5.41, 5.74) is 8.92. The Morgan fingerprint density at radius 2 is 1.76 bits per heavy atom. The summed E-state index contributed by atoms with van der Waals surface area (Å²) in [4.78, 5) is 35.7. The normalized spacial score (nSPS) is 11.9. The number of carbonyl (C=O) groups is 1. The molecule has 192 valence electrons. The molecule has 0 spiro atoms. The van der Waals surface area contributed by atoms with Crippen molar-refractivity contribution in [3.63, 3.8) is 0 Å². The van der Waals surface area contributed by atoms with E-state index in [1.54, 1.807) is 39.8 Å². The fraction of sp³-hybridized carbons (Fsp3) is 0.167. The van der Waals surface area contributed by atoms with Crippen molar-refractivity contribution < 1.29 is 4.79 Å². The number of nitrogens with zero attached hydrogens (tertiary/aromatic N) is 3. The van der Waals surface area contributed by atoms with Gasteiger partial charge in [0.2, 0.25) is 0 Å². The van der Waals surface area contributed by atoms with Gasteiger partial charge in [0.1, 0.15) is 11.7 Å². The molecule has 0 bridgehead atoms. The molecule has 0 aliphatic heterocycles. The van der Waals surface area contributed by atoms with Crippen LogP contribution in [0, 0.1) is 0 Å². The molecule has 38 heavy (non-hydrogen) atoms. The molecule has 0 aliphatic rings. The monoisotopic (exact) mass is 542 g/mol. The van der Waals surface area contributed by atoms with Crippen molar-refractivity contribution >= 4 is 34.5 Å². The fourth-order valence-corrected chi connectivity index (χ4v) is 5.55. The fourth-order valence-electron chi connectivity index (χ4n) is 4.59. The molecule has 0 aliphatic carbocycles. The summed E-state index contributed by atoms with van der Waals surface area (Å²) in [6.45, 7) is 0.827. The number of hydrogen-bond donors (Lipinski definition) is 1. The van der Waals surface area contributed by atoms with Crippen LogP contribution in [0.3, 0.4) is 0 Å². The quantitative estimate of drug-likeness (QED) is 0.263. The van der Waals surface area contributed by atoms with Crippen LogP contribution in [0.2, 0.25) is 5.02 Å². The van der Waals surface area contributed by atoms with Crippen molar-refractivity contribution in [3.05, 3.63) is 139 Å². The number of carbonyl (C=O) groups excluding carboxylic acids is 1. The Morgan fingerprint density at radius 1 is 1.00 bits per heavy atom. The highest BCUT2D eigenvalue weighted by Gasteiger charge is 2.32. The van der Waals surface area contributed by atoms with Crippen LogP contribution in [0.5, 0.6) is 0 Å². The number of halogens is 1. The van der Waals surface area contributed by atoms with Gasteiger partial charge in [0, 0.05) is 40.2 Å². The average Bonchev–Trinajstić information content (AvgIpc) is 3.48. The summed E-state index contributed by atoms with van der Waals surface area (Å²) in [5.74, 6) is -0.172. The minimum Gasteiger partial charge on any atom is -0.330 e. The summed E-state index contributed by atoms with van der Waals surface area (Å²) in [6, 6.07) is 25.6. The maximum absolute atomic E-state index is 14.0. The lowest BCUT2D eigenvalue weighted by atomic mass is 9.98. The lowest BCUT2D eigenvalue weighted by Gasteiger charge is -2.32. The number of benzene rings is 2. The highest BCUT2D eigenvalue weighted by atomic mass is 35.5. The molecular formula is C30H27ClN4O2S. The Morgan fingerprint density at radius 3 is 2.47 bits per heavy atom. The third-order valence-electron chi connectivity index (χ3n) is 6.42. The highest BCUT2D eigenvalue weighted by Crippen LogP contribution is 2.34. The topological polar surface area (TPSA) is 80.7 Å². The zero-order chi connectivity index (χ0) is 26.5. The van der Waals surface area contributed by atoms with Crippen LogP contribution in [-0.4, -0.2) is 33.3 Å². The second-order valence-electron chi connectivity index (χ2n) is 8.94. The lowest BCUT2D eigenvalue weighted by molar-refractivity contribution is 0.0704. The van der Waals surface area contributed by atoms with Gasteiger partial charge in [-0.05, 0) is 66.4 Å². The van der Waals surface area contributed by atoms with E-state index in [9.17, 15) is 9.59 Å². The van der Waals surface area contributed by atoms with E-state index in [0.717, 1.165) is 10.4 Å². The molecule has 5 rings (SSSR count). The summed E-state index contributed by atoms with van der Waals surface area (Å²) < 4.78 is 1.57. The van der Waals surface area contributed by atoms with Crippen molar-refractivity contribution in [2.45, 2.75) is 18.9 Å². The van der Waals surface area contributed by atoms with Gasteiger partial charge >= 0.3 is 0 Å². The maximum Gasteiger partial charge on any atom is 0.261 e. The first-order valence-corrected chi connectivity index (χ1v) is 13.7. The van der Waals surface area contributed by atoms with Gasteiger partial charge < -0.3 is 10.6 Å². The number of hydrogen-bond acceptors (Lipinski definition) is 5. The van der Waals surface area contributed by atoms with E-state index in [2.05, 4.69) is 0 Å². The predicted molar refractivity (Wildman–Crippen MR) is 153 cm³/mol. The Balaban J connectivity index is 1.74. The molecule has 0 radical (unpaired) electrons. The number of thiophene rings is 1. The van der Waals surface area contributed by atoms with Crippen LogP contribution in [0.1, 0.15) is 44.5 Å². The number of amides is 1. The molecule has 1 atom stereocenters. The number of rotatable bonds is 9. The van der Waals surface area contributed by atoms with Crippen LogP contribution in [0.4, 0.5) is 0 Å². The SMILES string of the molecule is NCCCN(C(=O)c1ccc(Cl)cc1)C(c1cccs1)c1nc2ccccn2c(=O)c1Cc1ccccc1. The van der Waals surface area contributed by atoms with E-state index >= 15 is 0 Å². The number of aromatic nitrogens is 2. The molecule has 3 heterocycles. The molecule has 2 aromatic carbocycles. The van der Waals surface area contributed by atoms with Crippen molar-refractivity contribution in [2.24, 2.45) is 5.73 Å². The third kappa shape index (κ3) is 5.41. The molecule has 2 N–H and O–H groups in total. The maximum atomic E-state index is 14.0. The number of pyridine rings is 1. The zero-order valence-corrected chi connectivity index (χ0v) is 22.2. The van der Waals surface area contributed by atoms with Gasteiger partial charge in [-0.25, -0.2) is 4.98 Å². The predicted octanol–water partition coefficient (Wildman–Crippen LogP) is 5.58. The molecule has 0 saturated heterocycles. The van der Waals surface area contributed by atoms with Crippen molar-refractivity contribution in [1.82, 2.24) is 14.3 Å². The van der Waals surface area contributed by atoms with E-state index in [1.807, 2.05) is 66.0 Å². The molecule has 1 unspecified atom stereocenters. The Bertz CT molecular complexity index is 1580. The molecule has 6 nitrogen and oxygen atoms in total. The number of fused-ring (bicyclic) bond motifs is 1. The molecule has 0 saturated carbocycles. The summed E-state index contributed by atoms with van der Waals surface area (Å²) in [6.07, 6.45) is 2.72. The Hall–Kier alpha value is -3.78. The van der Waals surface area contributed by atoms with Gasteiger partial charge in [0.25, 0.3) is 11.5 Å². The lowest BCUT2D eigenvalue weighted by Crippen LogP contribution is -2.39. The smallest absolute Gasteiger partial charge is 0.261 e. The first-order valence-electron chi connectivity index (χ1n) is 12.4. The minimum atomic E-state index is -0.568. The standard InChI is InChI=1S/C30H27ClN4O2S/c31-23-14-12-22(13-15-23)29(36)35(18-7-16-32)28(25-10-6-19-38-25)27-24(20-21-8-2-1-3-9-21)30(37)34-17-5-4-11-26(34)33-27/h1-6,8-15,17,19,28H,7,16,18,20,32H2. The van der Waals surface area contributed by atoms with E-state index in [-0.39, 0.29) is 11.5 Å². The summed E-state index contributed by atoms with van der Waals surface area (Å²) in [5, 5.41) is 2.53. The van der Waals surface area contributed by atoms with E-state index < -0.39 is 6.04 Å². The third-order valence-corrected chi connectivity index (χ3v) is 7.60. The second-order valence-corrected chi connectivity index (χ2v) is 10.4.